The third-order valence-corrected chi connectivity index (χ3v) is 2.90. The van der Waals surface area contributed by atoms with E-state index < -0.39 is 11.6 Å². The van der Waals surface area contributed by atoms with Crippen molar-refractivity contribution in [2.45, 2.75) is 38.7 Å². The second-order valence-electron chi connectivity index (χ2n) is 4.86. The third kappa shape index (κ3) is 5.14. The van der Waals surface area contributed by atoms with E-state index in [1.807, 2.05) is 11.8 Å². The van der Waals surface area contributed by atoms with Gasteiger partial charge >= 0.3 is 5.97 Å². The molecule has 1 fully saturated rings. The average Bonchev–Trinajstić information content (AvgIpc) is 2.86. The van der Waals surface area contributed by atoms with Gasteiger partial charge in [-0.05, 0) is 32.1 Å². The lowest BCUT2D eigenvalue weighted by molar-refractivity contribution is -0.139. The number of rotatable bonds is 7. The molecule has 4 heteroatoms. The third-order valence-electron chi connectivity index (χ3n) is 2.90. The highest BCUT2D eigenvalue weighted by Gasteiger charge is 2.29. The van der Waals surface area contributed by atoms with Crippen LogP contribution in [0.2, 0.25) is 0 Å². The molecule has 1 rings (SSSR count). The predicted octanol–water partition coefficient (Wildman–Crippen LogP) is 0.944. The molecule has 88 valence electrons. The minimum Gasteiger partial charge on any atom is -0.480 e. The molecule has 0 aromatic heterocycles. The first-order valence-electron chi connectivity index (χ1n) is 5.59. The van der Waals surface area contributed by atoms with Crippen LogP contribution in [-0.4, -0.2) is 46.3 Å². The van der Waals surface area contributed by atoms with Crippen molar-refractivity contribution in [1.82, 2.24) is 4.90 Å². The van der Waals surface area contributed by atoms with E-state index in [0.717, 1.165) is 6.54 Å². The molecule has 0 bridgehead atoms. The van der Waals surface area contributed by atoms with E-state index in [0.29, 0.717) is 18.9 Å². The standard InChI is InChI=1S/C11H21NO3/c1-3-11(2,15)8-12(7-10(13)14)6-9-4-5-9/h9,15H,3-8H2,1-2H3,(H,13,14). The van der Waals surface area contributed by atoms with Gasteiger partial charge in [-0.3, -0.25) is 9.69 Å². The summed E-state index contributed by atoms with van der Waals surface area (Å²) in [5, 5.41) is 18.7. The van der Waals surface area contributed by atoms with E-state index >= 15 is 0 Å². The summed E-state index contributed by atoms with van der Waals surface area (Å²) in [5.74, 6) is -0.167. The van der Waals surface area contributed by atoms with Crippen molar-refractivity contribution >= 4 is 5.97 Å². The topological polar surface area (TPSA) is 60.8 Å². The number of hydrogen-bond donors (Lipinski definition) is 2. The van der Waals surface area contributed by atoms with Crippen LogP contribution in [0.25, 0.3) is 0 Å². The highest BCUT2D eigenvalue weighted by Crippen LogP contribution is 2.30. The zero-order valence-electron chi connectivity index (χ0n) is 9.57. The van der Waals surface area contributed by atoms with E-state index in [4.69, 9.17) is 5.11 Å². The predicted molar refractivity (Wildman–Crippen MR) is 57.7 cm³/mol. The van der Waals surface area contributed by atoms with Gasteiger partial charge in [0.15, 0.2) is 0 Å². The molecule has 1 aliphatic rings. The number of carboxylic acids is 1. The summed E-state index contributed by atoms with van der Waals surface area (Å²) in [6, 6.07) is 0. The molecular weight excluding hydrogens is 194 g/mol. The maximum absolute atomic E-state index is 10.7. The van der Waals surface area contributed by atoms with Crippen molar-refractivity contribution in [2.75, 3.05) is 19.6 Å². The first-order chi connectivity index (χ1) is 6.93. The van der Waals surface area contributed by atoms with E-state index in [-0.39, 0.29) is 6.54 Å². The fourth-order valence-corrected chi connectivity index (χ4v) is 1.64. The molecule has 4 nitrogen and oxygen atoms in total. The largest absolute Gasteiger partial charge is 0.480 e. The Morgan fingerprint density at radius 2 is 2.13 bits per heavy atom. The molecule has 1 unspecified atom stereocenters. The summed E-state index contributed by atoms with van der Waals surface area (Å²) in [4.78, 5) is 12.5. The summed E-state index contributed by atoms with van der Waals surface area (Å²) in [6.45, 7) is 4.96. The fourth-order valence-electron chi connectivity index (χ4n) is 1.64. The van der Waals surface area contributed by atoms with Crippen LogP contribution in [-0.2, 0) is 4.79 Å². The molecule has 0 aromatic carbocycles. The summed E-state index contributed by atoms with van der Waals surface area (Å²) in [5.41, 5.74) is -0.773. The highest BCUT2D eigenvalue weighted by atomic mass is 16.4. The molecule has 0 spiro atoms. The molecule has 0 saturated heterocycles. The van der Waals surface area contributed by atoms with E-state index in [1.54, 1.807) is 6.92 Å². The van der Waals surface area contributed by atoms with Gasteiger partial charge in [-0.2, -0.15) is 0 Å². The Morgan fingerprint density at radius 1 is 1.53 bits per heavy atom. The summed E-state index contributed by atoms with van der Waals surface area (Å²) < 4.78 is 0. The number of aliphatic hydroxyl groups is 1. The van der Waals surface area contributed by atoms with Crippen LogP contribution in [0.1, 0.15) is 33.1 Å². The summed E-state index contributed by atoms with van der Waals surface area (Å²) in [6.07, 6.45) is 3.04. The van der Waals surface area contributed by atoms with Gasteiger partial charge in [0.2, 0.25) is 0 Å². The van der Waals surface area contributed by atoms with Gasteiger partial charge < -0.3 is 10.2 Å². The molecule has 15 heavy (non-hydrogen) atoms. The molecule has 0 amide bonds. The molecular formula is C11H21NO3. The Hall–Kier alpha value is -0.610. The second-order valence-corrected chi connectivity index (χ2v) is 4.86. The summed E-state index contributed by atoms with van der Waals surface area (Å²) >= 11 is 0. The Kier molecular flexibility index (Phi) is 4.11. The van der Waals surface area contributed by atoms with Crippen molar-refractivity contribution < 1.29 is 15.0 Å². The monoisotopic (exact) mass is 215 g/mol. The number of carbonyl (C=O) groups is 1. The quantitative estimate of drug-likeness (QED) is 0.663. The van der Waals surface area contributed by atoms with Crippen LogP contribution in [0.3, 0.4) is 0 Å². The van der Waals surface area contributed by atoms with Crippen molar-refractivity contribution in [2.24, 2.45) is 5.92 Å². The molecule has 1 saturated carbocycles. The van der Waals surface area contributed by atoms with Crippen LogP contribution >= 0.6 is 0 Å². The van der Waals surface area contributed by atoms with Gasteiger partial charge in [-0.15, -0.1) is 0 Å². The Bertz CT molecular complexity index is 224. The fraction of sp³-hybridized carbons (Fsp3) is 0.909. The molecule has 1 atom stereocenters. The van der Waals surface area contributed by atoms with E-state index in [1.165, 1.54) is 12.8 Å². The average molecular weight is 215 g/mol. The maximum Gasteiger partial charge on any atom is 0.317 e. The molecule has 0 radical (unpaired) electrons. The van der Waals surface area contributed by atoms with Gasteiger partial charge in [0.05, 0.1) is 12.1 Å². The van der Waals surface area contributed by atoms with Crippen LogP contribution in [0.5, 0.6) is 0 Å². The first kappa shape index (κ1) is 12.5. The van der Waals surface area contributed by atoms with Crippen LogP contribution in [0.15, 0.2) is 0 Å². The van der Waals surface area contributed by atoms with Crippen LogP contribution in [0, 0.1) is 5.92 Å². The lowest BCUT2D eigenvalue weighted by Crippen LogP contribution is -2.43. The lowest BCUT2D eigenvalue weighted by Gasteiger charge is -2.29. The Balaban J connectivity index is 2.42. The Morgan fingerprint density at radius 3 is 2.53 bits per heavy atom. The Labute approximate surface area is 90.9 Å². The minimum atomic E-state index is -0.817. The first-order valence-corrected chi connectivity index (χ1v) is 5.59. The van der Waals surface area contributed by atoms with Crippen molar-refractivity contribution in [3.8, 4) is 0 Å². The van der Waals surface area contributed by atoms with Crippen molar-refractivity contribution in [3.05, 3.63) is 0 Å². The lowest BCUT2D eigenvalue weighted by atomic mass is 10.0. The second kappa shape index (κ2) is 4.94. The molecule has 0 aliphatic heterocycles. The number of carboxylic acid groups (broad SMARTS) is 1. The molecule has 0 aromatic rings. The van der Waals surface area contributed by atoms with Gasteiger partial charge in [0.25, 0.3) is 0 Å². The number of aliphatic carboxylic acids is 1. The number of nitrogens with zero attached hydrogens (tertiary/aromatic N) is 1. The van der Waals surface area contributed by atoms with Crippen molar-refractivity contribution in [1.29, 1.82) is 0 Å². The van der Waals surface area contributed by atoms with Gasteiger partial charge in [-0.1, -0.05) is 6.92 Å². The maximum atomic E-state index is 10.7. The number of hydrogen-bond acceptors (Lipinski definition) is 3. The van der Waals surface area contributed by atoms with Gasteiger partial charge in [0, 0.05) is 13.1 Å². The highest BCUT2D eigenvalue weighted by molar-refractivity contribution is 5.69. The molecule has 2 N–H and O–H groups in total. The zero-order chi connectivity index (χ0) is 11.5. The van der Waals surface area contributed by atoms with E-state index in [9.17, 15) is 9.90 Å². The molecule has 0 heterocycles. The van der Waals surface area contributed by atoms with Crippen LogP contribution in [0.4, 0.5) is 0 Å². The molecule has 1 aliphatic carbocycles. The van der Waals surface area contributed by atoms with E-state index in [2.05, 4.69) is 0 Å². The van der Waals surface area contributed by atoms with Gasteiger partial charge in [0.1, 0.15) is 0 Å². The zero-order valence-corrected chi connectivity index (χ0v) is 9.57. The summed E-state index contributed by atoms with van der Waals surface area (Å²) in [7, 11) is 0. The SMILES string of the molecule is CCC(C)(O)CN(CC(=O)O)CC1CC1. The normalized spacial score (nSPS) is 20.3. The smallest absolute Gasteiger partial charge is 0.317 e. The van der Waals surface area contributed by atoms with Gasteiger partial charge in [-0.25, -0.2) is 0 Å². The van der Waals surface area contributed by atoms with Crippen molar-refractivity contribution in [3.63, 3.8) is 0 Å². The van der Waals surface area contributed by atoms with Crippen LogP contribution < -0.4 is 0 Å². The minimum absolute atomic E-state index is 0.0344.